The van der Waals surface area contributed by atoms with Crippen LogP contribution in [0.4, 0.5) is 0 Å². The van der Waals surface area contributed by atoms with Gasteiger partial charge in [0, 0.05) is 46.4 Å². The predicted octanol–water partition coefficient (Wildman–Crippen LogP) is 13.7. The van der Waals surface area contributed by atoms with Gasteiger partial charge >= 0.3 is 0 Å². The Morgan fingerprint density at radius 3 is 1.20 bits per heavy atom. The molecule has 5 nitrogen and oxygen atoms in total. The molecule has 0 fully saturated rings. The van der Waals surface area contributed by atoms with Gasteiger partial charge in [-0.1, -0.05) is 164 Å². The SMILES string of the molecule is c1ccc(-c2nc(-c3ccccc3-c3cccc(-c4cccc(-c5cccnc5)c4)c3)nc(-c3ccccc3-c3cccc(-c4cccc(-c5ccccn5)c4)c3)n2)cc1. The van der Waals surface area contributed by atoms with Crippen LogP contribution in [-0.2, 0) is 0 Å². The fourth-order valence-electron chi connectivity index (χ4n) is 7.73. The standard InChI is InChI=1S/C55H37N5/c1-2-15-38(16-3-1)53-58-54(50-28-6-4-26-48(50)44-22-11-18-40(34-44)39-17-10-21-43(33-39)47-25-14-31-56-37-47)60-55(59-53)51-29-7-5-27-49(51)45-23-12-19-41(35-45)42-20-13-24-46(36-42)52-30-8-9-32-57-52/h1-37H. The number of hydrogen-bond donors (Lipinski definition) is 0. The molecule has 0 aliphatic heterocycles. The van der Waals surface area contributed by atoms with Crippen LogP contribution in [0.1, 0.15) is 0 Å². The molecule has 3 aromatic heterocycles. The van der Waals surface area contributed by atoms with Crippen molar-refractivity contribution in [1.29, 1.82) is 0 Å². The van der Waals surface area contributed by atoms with Gasteiger partial charge in [-0.3, -0.25) is 9.97 Å². The monoisotopic (exact) mass is 767 g/mol. The Bertz CT molecular complexity index is 2900. The van der Waals surface area contributed by atoms with E-state index in [1.807, 2.05) is 79.1 Å². The Hall–Kier alpha value is -8.15. The maximum atomic E-state index is 5.29. The molecular weight excluding hydrogens is 731 g/mol. The number of hydrogen-bond acceptors (Lipinski definition) is 5. The van der Waals surface area contributed by atoms with Crippen molar-refractivity contribution in [1.82, 2.24) is 24.9 Å². The van der Waals surface area contributed by atoms with Gasteiger partial charge in [-0.15, -0.1) is 0 Å². The summed E-state index contributed by atoms with van der Waals surface area (Å²) in [4.78, 5) is 24.5. The van der Waals surface area contributed by atoms with E-state index in [1.165, 1.54) is 0 Å². The Labute approximate surface area is 349 Å². The van der Waals surface area contributed by atoms with Gasteiger partial charge in [0.25, 0.3) is 0 Å². The molecule has 10 aromatic rings. The van der Waals surface area contributed by atoms with E-state index < -0.39 is 0 Å². The van der Waals surface area contributed by atoms with Crippen LogP contribution in [0.2, 0.25) is 0 Å². The lowest BCUT2D eigenvalue weighted by Gasteiger charge is -2.15. The van der Waals surface area contributed by atoms with Crippen LogP contribution < -0.4 is 0 Å². The van der Waals surface area contributed by atoms with Crippen molar-refractivity contribution in [2.45, 2.75) is 0 Å². The van der Waals surface area contributed by atoms with E-state index in [2.05, 4.69) is 149 Å². The van der Waals surface area contributed by atoms with E-state index >= 15 is 0 Å². The Morgan fingerprint density at radius 2 is 0.667 bits per heavy atom. The second-order valence-electron chi connectivity index (χ2n) is 14.5. The van der Waals surface area contributed by atoms with Gasteiger partial charge in [0.2, 0.25) is 0 Å². The highest BCUT2D eigenvalue weighted by atomic mass is 15.0. The van der Waals surface area contributed by atoms with E-state index in [0.717, 1.165) is 83.6 Å². The minimum absolute atomic E-state index is 0.604. The molecule has 7 aromatic carbocycles. The number of nitrogens with zero attached hydrogens (tertiary/aromatic N) is 5. The Kier molecular flexibility index (Phi) is 9.88. The second kappa shape index (κ2) is 16.4. The zero-order valence-corrected chi connectivity index (χ0v) is 32.6. The van der Waals surface area contributed by atoms with Gasteiger partial charge in [0.05, 0.1) is 5.69 Å². The van der Waals surface area contributed by atoms with E-state index in [4.69, 9.17) is 15.0 Å². The molecule has 5 heteroatoms. The highest BCUT2D eigenvalue weighted by Gasteiger charge is 2.18. The second-order valence-corrected chi connectivity index (χ2v) is 14.5. The lowest BCUT2D eigenvalue weighted by atomic mass is 9.94. The van der Waals surface area contributed by atoms with Crippen LogP contribution in [0.3, 0.4) is 0 Å². The third-order valence-electron chi connectivity index (χ3n) is 10.7. The molecule has 0 spiro atoms. The minimum atomic E-state index is 0.604. The third-order valence-corrected chi connectivity index (χ3v) is 10.7. The van der Waals surface area contributed by atoms with Gasteiger partial charge in [-0.25, -0.2) is 15.0 Å². The predicted molar refractivity (Wildman–Crippen MR) is 244 cm³/mol. The lowest BCUT2D eigenvalue weighted by Crippen LogP contribution is -2.02. The highest BCUT2D eigenvalue weighted by molar-refractivity contribution is 5.87. The zero-order chi connectivity index (χ0) is 40.1. The van der Waals surface area contributed by atoms with Crippen LogP contribution in [0.25, 0.3) is 101 Å². The van der Waals surface area contributed by atoms with Gasteiger partial charge < -0.3 is 0 Å². The number of aromatic nitrogens is 5. The van der Waals surface area contributed by atoms with Crippen LogP contribution >= 0.6 is 0 Å². The molecule has 0 radical (unpaired) electrons. The molecular formula is C55H37N5. The van der Waals surface area contributed by atoms with E-state index in [-0.39, 0.29) is 0 Å². The van der Waals surface area contributed by atoms with Gasteiger partial charge in [-0.2, -0.15) is 0 Å². The molecule has 0 aliphatic carbocycles. The topological polar surface area (TPSA) is 64.5 Å². The average Bonchev–Trinajstić information content (AvgIpc) is 3.35. The lowest BCUT2D eigenvalue weighted by molar-refractivity contribution is 1.07. The first-order chi connectivity index (χ1) is 29.7. The fourth-order valence-corrected chi connectivity index (χ4v) is 7.73. The minimum Gasteiger partial charge on any atom is -0.264 e. The molecule has 10 rings (SSSR count). The third kappa shape index (κ3) is 7.51. The molecule has 0 bridgehead atoms. The average molecular weight is 768 g/mol. The smallest absolute Gasteiger partial charge is 0.164 e. The van der Waals surface area contributed by atoms with Crippen molar-refractivity contribution in [2.24, 2.45) is 0 Å². The van der Waals surface area contributed by atoms with Crippen molar-refractivity contribution >= 4 is 0 Å². The van der Waals surface area contributed by atoms with Crippen molar-refractivity contribution in [3.8, 4) is 101 Å². The molecule has 0 aliphatic rings. The summed E-state index contributed by atoms with van der Waals surface area (Å²) in [5, 5.41) is 0. The van der Waals surface area contributed by atoms with E-state index in [9.17, 15) is 0 Å². The van der Waals surface area contributed by atoms with Crippen LogP contribution in [-0.4, -0.2) is 24.9 Å². The first-order valence-corrected chi connectivity index (χ1v) is 20.0. The maximum absolute atomic E-state index is 5.29. The maximum Gasteiger partial charge on any atom is 0.164 e. The summed E-state index contributed by atoms with van der Waals surface area (Å²) in [6.45, 7) is 0. The highest BCUT2D eigenvalue weighted by Crippen LogP contribution is 2.38. The normalized spacial score (nSPS) is 11.0. The summed E-state index contributed by atoms with van der Waals surface area (Å²) >= 11 is 0. The molecule has 282 valence electrons. The molecule has 0 saturated heterocycles. The number of pyridine rings is 2. The first kappa shape index (κ1) is 36.2. The number of rotatable bonds is 9. The quantitative estimate of drug-likeness (QED) is 0.146. The summed E-state index contributed by atoms with van der Waals surface area (Å²) in [6.07, 6.45) is 5.53. The largest absolute Gasteiger partial charge is 0.264 e. The molecule has 60 heavy (non-hydrogen) atoms. The summed E-state index contributed by atoms with van der Waals surface area (Å²) in [5.41, 5.74) is 15.7. The summed E-state index contributed by atoms with van der Waals surface area (Å²) < 4.78 is 0. The zero-order valence-electron chi connectivity index (χ0n) is 32.6. The molecule has 3 heterocycles. The Morgan fingerprint density at radius 1 is 0.250 bits per heavy atom. The summed E-state index contributed by atoms with van der Waals surface area (Å²) in [5.74, 6) is 1.82. The van der Waals surface area contributed by atoms with Crippen LogP contribution in [0, 0.1) is 0 Å². The molecule has 0 amide bonds. The Balaban J connectivity index is 1.07. The fraction of sp³-hybridized carbons (Fsp3) is 0. The molecule has 0 N–H and O–H groups in total. The molecule has 0 atom stereocenters. The van der Waals surface area contributed by atoms with Crippen molar-refractivity contribution in [3.63, 3.8) is 0 Å². The van der Waals surface area contributed by atoms with Gasteiger partial charge in [0.15, 0.2) is 17.5 Å². The number of benzene rings is 7. The first-order valence-electron chi connectivity index (χ1n) is 20.0. The van der Waals surface area contributed by atoms with E-state index in [1.54, 1.807) is 6.20 Å². The van der Waals surface area contributed by atoms with Gasteiger partial charge in [0.1, 0.15) is 0 Å². The van der Waals surface area contributed by atoms with Crippen molar-refractivity contribution in [3.05, 3.63) is 225 Å². The van der Waals surface area contributed by atoms with Gasteiger partial charge in [-0.05, 0) is 92.5 Å². The van der Waals surface area contributed by atoms with Crippen LogP contribution in [0.15, 0.2) is 225 Å². The summed E-state index contributed by atoms with van der Waals surface area (Å²) in [7, 11) is 0. The molecule has 0 unspecified atom stereocenters. The van der Waals surface area contributed by atoms with Crippen molar-refractivity contribution in [2.75, 3.05) is 0 Å². The van der Waals surface area contributed by atoms with Crippen molar-refractivity contribution < 1.29 is 0 Å². The van der Waals surface area contributed by atoms with Crippen LogP contribution in [0.5, 0.6) is 0 Å². The summed E-state index contributed by atoms with van der Waals surface area (Å²) in [6, 6.07) is 71.4. The van der Waals surface area contributed by atoms with E-state index in [0.29, 0.717) is 17.5 Å². The molecule has 0 saturated carbocycles.